The molecule has 0 aliphatic carbocycles. The zero-order chi connectivity index (χ0) is 21.3. The SMILES string of the molecule is CCNC(=NCC(=O)NCCc1ccccc1)NC1CN(C(=O)OC(C)(C)C)C1. The van der Waals surface area contributed by atoms with Gasteiger partial charge >= 0.3 is 6.09 Å². The van der Waals surface area contributed by atoms with Gasteiger partial charge in [-0.3, -0.25) is 4.79 Å². The van der Waals surface area contributed by atoms with Crippen molar-refractivity contribution in [3.05, 3.63) is 35.9 Å². The summed E-state index contributed by atoms with van der Waals surface area (Å²) in [6.45, 7) is 9.91. The molecule has 1 heterocycles. The highest BCUT2D eigenvalue weighted by molar-refractivity contribution is 5.85. The molecule has 2 amide bonds. The fourth-order valence-electron chi connectivity index (χ4n) is 2.76. The molecule has 0 spiro atoms. The molecule has 3 N–H and O–H groups in total. The van der Waals surface area contributed by atoms with E-state index in [9.17, 15) is 9.59 Å². The summed E-state index contributed by atoms with van der Waals surface area (Å²) >= 11 is 0. The summed E-state index contributed by atoms with van der Waals surface area (Å²) in [6, 6.07) is 10.1. The third kappa shape index (κ3) is 8.41. The van der Waals surface area contributed by atoms with E-state index in [1.165, 1.54) is 5.56 Å². The molecule has 0 saturated carbocycles. The average molecular weight is 404 g/mol. The Morgan fingerprint density at radius 3 is 2.48 bits per heavy atom. The van der Waals surface area contributed by atoms with E-state index < -0.39 is 5.60 Å². The number of likely N-dealkylation sites (tertiary alicyclic amines) is 1. The maximum absolute atomic E-state index is 12.0. The molecule has 1 aliphatic heterocycles. The summed E-state index contributed by atoms with van der Waals surface area (Å²) in [5.74, 6) is 0.446. The molecular weight excluding hydrogens is 370 g/mol. The molecule has 29 heavy (non-hydrogen) atoms. The van der Waals surface area contributed by atoms with Gasteiger partial charge in [0.05, 0.1) is 6.04 Å². The lowest BCUT2D eigenvalue weighted by atomic mass is 10.1. The molecule has 1 fully saturated rings. The van der Waals surface area contributed by atoms with Gasteiger partial charge in [-0.1, -0.05) is 30.3 Å². The first-order valence-corrected chi connectivity index (χ1v) is 10.1. The van der Waals surface area contributed by atoms with Gasteiger partial charge < -0.3 is 25.6 Å². The fourth-order valence-corrected chi connectivity index (χ4v) is 2.76. The van der Waals surface area contributed by atoms with Gasteiger partial charge in [0.2, 0.25) is 5.91 Å². The van der Waals surface area contributed by atoms with E-state index in [4.69, 9.17) is 4.74 Å². The van der Waals surface area contributed by atoms with Gasteiger partial charge in [0, 0.05) is 26.2 Å². The topological polar surface area (TPSA) is 95.1 Å². The van der Waals surface area contributed by atoms with E-state index in [0.29, 0.717) is 32.1 Å². The molecule has 0 unspecified atom stereocenters. The van der Waals surface area contributed by atoms with Gasteiger partial charge in [0.15, 0.2) is 5.96 Å². The van der Waals surface area contributed by atoms with Crippen LogP contribution in [0.15, 0.2) is 35.3 Å². The van der Waals surface area contributed by atoms with Crippen LogP contribution in [-0.2, 0) is 16.0 Å². The number of nitrogens with one attached hydrogen (secondary N) is 3. The van der Waals surface area contributed by atoms with Crippen LogP contribution in [0, 0.1) is 0 Å². The number of hydrogen-bond acceptors (Lipinski definition) is 4. The van der Waals surface area contributed by atoms with Crippen molar-refractivity contribution in [2.24, 2.45) is 4.99 Å². The molecule has 1 aromatic rings. The van der Waals surface area contributed by atoms with Crippen molar-refractivity contribution in [1.29, 1.82) is 0 Å². The lowest BCUT2D eigenvalue weighted by Gasteiger charge is -2.40. The predicted octanol–water partition coefficient (Wildman–Crippen LogP) is 1.52. The Bertz CT molecular complexity index is 694. The molecule has 0 aromatic heterocycles. The third-order valence-electron chi connectivity index (χ3n) is 4.18. The monoisotopic (exact) mass is 403 g/mol. The number of aliphatic imine (C=N–C) groups is 1. The minimum atomic E-state index is -0.500. The summed E-state index contributed by atoms with van der Waals surface area (Å²) in [7, 11) is 0. The summed E-state index contributed by atoms with van der Waals surface area (Å²) < 4.78 is 5.35. The number of hydrogen-bond donors (Lipinski definition) is 3. The summed E-state index contributed by atoms with van der Waals surface area (Å²) in [4.78, 5) is 30.0. The van der Waals surface area contributed by atoms with Crippen LogP contribution in [0.4, 0.5) is 4.79 Å². The Hall–Kier alpha value is -2.77. The van der Waals surface area contributed by atoms with Crippen molar-refractivity contribution in [3.63, 3.8) is 0 Å². The van der Waals surface area contributed by atoms with Gasteiger partial charge in [-0.15, -0.1) is 0 Å². The molecule has 8 nitrogen and oxygen atoms in total. The Morgan fingerprint density at radius 1 is 1.17 bits per heavy atom. The van der Waals surface area contributed by atoms with Gasteiger partial charge in [0.1, 0.15) is 12.1 Å². The molecule has 0 atom stereocenters. The third-order valence-corrected chi connectivity index (χ3v) is 4.18. The highest BCUT2D eigenvalue weighted by Gasteiger charge is 2.34. The van der Waals surface area contributed by atoms with E-state index in [-0.39, 0.29) is 24.6 Å². The second-order valence-corrected chi connectivity index (χ2v) is 8.01. The molecule has 1 aromatic carbocycles. The molecule has 2 rings (SSSR count). The lowest BCUT2D eigenvalue weighted by Crippen LogP contribution is -2.63. The normalized spacial score (nSPS) is 14.8. The van der Waals surface area contributed by atoms with Crippen LogP contribution >= 0.6 is 0 Å². The minimum Gasteiger partial charge on any atom is -0.444 e. The number of benzene rings is 1. The Balaban J connectivity index is 1.71. The van der Waals surface area contributed by atoms with Crippen molar-refractivity contribution < 1.29 is 14.3 Å². The largest absolute Gasteiger partial charge is 0.444 e. The van der Waals surface area contributed by atoms with Gasteiger partial charge in [-0.05, 0) is 39.7 Å². The quantitative estimate of drug-likeness (QED) is 0.474. The number of rotatable bonds is 7. The van der Waals surface area contributed by atoms with Crippen LogP contribution in [0.25, 0.3) is 0 Å². The zero-order valence-corrected chi connectivity index (χ0v) is 17.8. The fraction of sp³-hybridized carbons (Fsp3) is 0.571. The van der Waals surface area contributed by atoms with Gasteiger partial charge in [0.25, 0.3) is 0 Å². The lowest BCUT2D eigenvalue weighted by molar-refractivity contribution is -0.119. The molecule has 1 saturated heterocycles. The van der Waals surface area contributed by atoms with Crippen LogP contribution in [0.2, 0.25) is 0 Å². The molecule has 1 aliphatic rings. The number of carbonyl (C=O) groups is 2. The highest BCUT2D eigenvalue weighted by Crippen LogP contribution is 2.15. The molecule has 8 heteroatoms. The second kappa shape index (κ2) is 10.7. The van der Waals surface area contributed by atoms with Crippen molar-refractivity contribution >= 4 is 18.0 Å². The Labute approximate surface area is 173 Å². The maximum atomic E-state index is 12.0. The highest BCUT2D eigenvalue weighted by atomic mass is 16.6. The van der Waals surface area contributed by atoms with E-state index in [0.717, 1.165) is 6.42 Å². The zero-order valence-electron chi connectivity index (χ0n) is 17.8. The van der Waals surface area contributed by atoms with Gasteiger partial charge in [-0.25, -0.2) is 9.79 Å². The smallest absolute Gasteiger partial charge is 0.410 e. The van der Waals surface area contributed by atoms with E-state index >= 15 is 0 Å². The second-order valence-electron chi connectivity index (χ2n) is 8.01. The Morgan fingerprint density at radius 2 is 1.86 bits per heavy atom. The number of ether oxygens (including phenoxy) is 1. The van der Waals surface area contributed by atoms with Crippen molar-refractivity contribution in [3.8, 4) is 0 Å². The van der Waals surface area contributed by atoms with E-state index in [2.05, 4.69) is 20.9 Å². The van der Waals surface area contributed by atoms with Gasteiger partial charge in [-0.2, -0.15) is 0 Å². The van der Waals surface area contributed by atoms with Crippen LogP contribution in [0.3, 0.4) is 0 Å². The standard InChI is InChI=1S/C21H33N5O3/c1-5-22-19(25-17-14-26(15-17)20(28)29-21(2,3)4)24-13-18(27)23-12-11-16-9-7-6-8-10-16/h6-10,17H,5,11-15H2,1-4H3,(H,23,27)(H2,22,24,25). The van der Waals surface area contributed by atoms with Crippen molar-refractivity contribution in [1.82, 2.24) is 20.9 Å². The number of amides is 2. The predicted molar refractivity (Wildman–Crippen MR) is 114 cm³/mol. The van der Waals surface area contributed by atoms with Crippen LogP contribution in [0.1, 0.15) is 33.3 Å². The molecule has 0 radical (unpaired) electrons. The van der Waals surface area contributed by atoms with Crippen molar-refractivity contribution in [2.45, 2.75) is 45.8 Å². The number of nitrogens with zero attached hydrogens (tertiary/aromatic N) is 2. The van der Waals surface area contributed by atoms with Crippen LogP contribution in [0.5, 0.6) is 0 Å². The van der Waals surface area contributed by atoms with Crippen LogP contribution < -0.4 is 16.0 Å². The number of carbonyl (C=O) groups excluding carboxylic acids is 2. The van der Waals surface area contributed by atoms with Crippen molar-refractivity contribution in [2.75, 3.05) is 32.7 Å². The first-order chi connectivity index (χ1) is 13.8. The van der Waals surface area contributed by atoms with E-state index in [1.807, 2.05) is 58.0 Å². The van der Waals surface area contributed by atoms with Crippen LogP contribution in [-0.4, -0.2) is 67.2 Å². The first kappa shape index (κ1) is 22.5. The number of guanidine groups is 1. The Kier molecular flexibility index (Phi) is 8.30. The summed E-state index contributed by atoms with van der Waals surface area (Å²) in [5.41, 5.74) is 0.686. The average Bonchev–Trinajstić information content (AvgIpc) is 2.61. The minimum absolute atomic E-state index is 0.0482. The molecule has 160 valence electrons. The molecule has 0 bridgehead atoms. The van der Waals surface area contributed by atoms with E-state index in [1.54, 1.807) is 4.90 Å². The summed E-state index contributed by atoms with van der Waals surface area (Å²) in [5, 5.41) is 9.26. The maximum Gasteiger partial charge on any atom is 0.410 e. The molecular formula is C21H33N5O3. The summed E-state index contributed by atoms with van der Waals surface area (Å²) in [6.07, 6.45) is 0.479. The first-order valence-electron chi connectivity index (χ1n) is 10.1.